The number of carbonyl (C=O) groups excluding carboxylic acids is 1. The number of para-hydroxylation sites is 1. The molecule has 170 valence electrons. The molecular weight excluding hydrogens is 463 g/mol. The molecule has 2 heterocycles. The molecule has 1 atom stereocenters. The molecule has 1 amide bonds. The van der Waals surface area contributed by atoms with Gasteiger partial charge in [-0.2, -0.15) is 13.2 Å². The van der Waals surface area contributed by atoms with E-state index in [0.29, 0.717) is 0 Å². The number of halogens is 4. The number of anilines is 3. The summed E-state index contributed by atoms with van der Waals surface area (Å²) in [6, 6.07) is 10.5. The summed E-state index contributed by atoms with van der Waals surface area (Å²) in [6.07, 6.45) is -3.04. The Labute approximate surface area is 190 Å². The first-order chi connectivity index (χ1) is 15.7. The fraction of sp³-hybridized carbons (Fsp3) is 0.136. The molecule has 0 saturated heterocycles. The number of carboxylic acid groups (broad SMARTS) is 1. The van der Waals surface area contributed by atoms with Crippen LogP contribution in [0.25, 0.3) is 0 Å². The summed E-state index contributed by atoms with van der Waals surface area (Å²) in [7, 11) is 0. The van der Waals surface area contributed by atoms with Crippen LogP contribution in [-0.2, 0) is 11.0 Å². The molecular formula is C22H15ClF3N3O4. The number of carbonyl (C=O) groups is 2. The van der Waals surface area contributed by atoms with Crippen molar-refractivity contribution >= 4 is 40.7 Å². The summed E-state index contributed by atoms with van der Waals surface area (Å²) in [5.74, 6) is -1.55. The van der Waals surface area contributed by atoms with Crippen molar-refractivity contribution in [2.75, 3.05) is 16.8 Å². The molecule has 1 aromatic heterocycles. The molecule has 1 aliphatic heterocycles. The molecule has 0 saturated carbocycles. The zero-order chi connectivity index (χ0) is 23.8. The number of carboxylic acids is 1. The summed E-state index contributed by atoms with van der Waals surface area (Å²) >= 11 is 6.25. The fourth-order valence-electron chi connectivity index (χ4n) is 3.39. The quantitative estimate of drug-likeness (QED) is 0.550. The van der Waals surface area contributed by atoms with E-state index in [4.69, 9.17) is 16.3 Å². The minimum Gasteiger partial charge on any atom is -0.488 e. The van der Waals surface area contributed by atoms with Crippen molar-refractivity contribution in [2.45, 2.75) is 12.2 Å². The van der Waals surface area contributed by atoms with Gasteiger partial charge in [-0.05, 0) is 48.5 Å². The summed E-state index contributed by atoms with van der Waals surface area (Å²) in [6.45, 7) is -0.292. The van der Waals surface area contributed by atoms with Crippen molar-refractivity contribution in [3.05, 3.63) is 76.9 Å². The molecule has 0 bridgehead atoms. The molecule has 0 fully saturated rings. The zero-order valence-electron chi connectivity index (χ0n) is 16.6. The smallest absolute Gasteiger partial charge is 0.416 e. The predicted molar refractivity (Wildman–Crippen MR) is 114 cm³/mol. The van der Waals surface area contributed by atoms with Gasteiger partial charge in [0.1, 0.15) is 6.61 Å². The topological polar surface area (TPSA) is 91.8 Å². The van der Waals surface area contributed by atoms with E-state index >= 15 is 0 Å². The van der Waals surface area contributed by atoms with Gasteiger partial charge in [0.2, 0.25) is 0 Å². The van der Waals surface area contributed by atoms with Crippen molar-refractivity contribution in [1.29, 1.82) is 0 Å². The van der Waals surface area contributed by atoms with Gasteiger partial charge in [0, 0.05) is 11.9 Å². The van der Waals surface area contributed by atoms with E-state index in [1.54, 1.807) is 18.2 Å². The van der Waals surface area contributed by atoms with Gasteiger partial charge in [-0.15, -0.1) is 0 Å². The summed E-state index contributed by atoms with van der Waals surface area (Å²) in [5, 5.41) is 12.4. The van der Waals surface area contributed by atoms with Crippen LogP contribution >= 0.6 is 11.6 Å². The summed E-state index contributed by atoms with van der Waals surface area (Å²) in [4.78, 5) is 30.3. The average Bonchev–Trinajstić information content (AvgIpc) is 2.78. The van der Waals surface area contributed by atoms with E-state index in [-0.39, 0.29) is 40.1 Å². The first-order valence-corrected chi connectivity index (χ1v) is 9.91. The summed E-state index contributed by atoms with van der Waals surface area (Å²) in [5.41, 5.74) is -0.374. The lowest BCUT2D eigenvalue weighted by Crippen LogP contribution is -2.46. The highest BCUT2D eigenvalue weighted by Gasteiger charge is 2.37. The maximum absolute atomic E-state index is 12.9. The van der Waals surface area contributed by atoms with Gasteiger partial charge in [0.25, 0.3) is 5.91 Å². The Bertz CT molecular complexity index is 1220. The number of ether oxygens (including phenoxy) is 1. The van der Waals surface area contributed by atoms with E-state index in [2.05, 4.69) is 10.3 Å². The molecule has 3 aromatic rings. The second-order valence-corrected chi connectivity index (χ2v) is 7.43. The number of hydrogen-bond donors (Lipinski definition) is 2. The highest BCUT2D eigenvalue weighted by molar-refractivity contribution is 6.33. The number of amides is 1. The molecule has 33 heavy (non-hydrogen) atoms. The van der Waals surface area contributed by atoms with Gasteiger partial charge < -0.3 is 20.1 Å². The normalized spacial score (nSPS) is 15.4. The predicted octanol–water partition coefficient (Wildman–Crippen LogP) is 4.99. The Morgan fingerprint density at radius 2 is 1.85 bits per heavy atom. The Morgan fingerprint density at radius 3 is 2.48 bits per heavy atom. The standard InChI is InChI=1S/C22H15ClF3N3O4/c23-15-4-2-10-27-19(15)29-16-5-1-3-14(18(16)33-11-17(29)21(31)32)20(30)28-13-8-6-12(7-9-13)22(24,25)26/h1-10,17H,11H2,(H,28,30)(H,31,32). The molecule has 11 heteroatoms. The molecule has 0 radical (unpaired) electrons. The molecule has 4 rings (SSSR count). The van der Waals surface area contributed by atoms with Gasteiger partial charge in [-0.1, -0.05) is 17.7 Å². The lowest BCUT2D eigenvalue weighted by atomic mass is 10.1. The fourth-order valence-corrected chi connectivity index (χ4v) is 3.60. The van der Waals surface area contributed by atoms with Crippen LogP contribution in [0, 0.1) is 0 Å². The first kappa shape index (κ1) is 22.4. The van der Waals surface area contributed by atoms with Crippen LogP contribution in [-0.4, -0.2) is 34.6 Å². The van der Waals surface area contributed by atoms with E-state index < -0.39 is 29.7 Å². The zero-order valence-corrected chi connectivity index (χ0v) is 17.4. The van der Waals surface area contributed by atoms with Crippen LogP contribution in [0.4, 0.5) is 30.4 Å². The Hall–Kier alpha value is -3.79. The van der Waals surface area contributed by atoms with Crippen molar-refractivity contribution < 1.29 is 32.6 Å². The van der Waals surface area contributed by atoms with Gasteiger partial charge in [0.15, 0.2) is 17.6 Å². The van der Waals surface area contributed by atoms with Gasteiger partial charge >= 0.3 is 12.1 Å². The highest BCUT2D eigenvalue weighted by Crippen LogP contribution is 2.43. The minimum absolute atomic E-state index is 0.0632. The monoisotopic (exact) mass is 477 g/mol. The molecule has 1 unspecified atom stereocenters. The molecule has 1 aliphatic rings. The first-order valence-electron chi connectivity index (χ1n) is 9.54. The lowest BCUT2D eigenvalue weighted by molar-refractivity contribution is -0.139. The number of rotatable bonds is 4. The van der Waals surface area contributed by atoms with Gasteiger partial charge in [-0.25, -0.2) is 9.78 Å². The Kier molecular flexibility index (Phi) is 5.86. The number of nitrogens with zero attached hydrogens (tertiary/aromatic N) is 2. The number of nitrogens with one attached hydrogen (secondary N) is 1. The maximum Gasteiger partial charge on any atom is 0.416 e. The molecule has 2 N–H and O–H groups in total. The van der Waals surface area contributed by atoms with E-state index in [1.165, 1.54) is 23.2 Å². The number of fused-ring (bicyclic) bond motifs is 1. The van der Waals surface area contributed by atoms with Crippen molar-refractivity contribution in [1.82, 2.24) is 4.98 Å². The maximum atomic E-state index is 12.9. The Morgan fingerprint density at radius 1 is 1.12 bits per heavy atom. The second-order valence-electron chi connectivity index (χ2n) is 7.03. The third-order valence-corrected chi connectivity index (χ3v) is 5.21. The lowest BCUT2D eigenvalue weighted by Gasteiger charge is -2.36. The number of hydrogen-bond acceptors (Lipinski definition) is 5. The third kappa shape index (κ3) is 4.42. The average molecular weight is 478 g/mol. The molecule has 7 nitrogen and oxygen atoms in total. The minimum atomic E-state index is -4.49. The van der Waals surface area contributed by atoms with Crippen LogP contribution in [0.3, 0.4) is 0 Å². The molecule has 0 aliphatic carbocycles. The molecule has 2 aromatic carbocycles. The van der Waals surface area contributed by atoms with Crippen LogP contribution < -0.4 is 15.0 Å². The van der Waals surface area contributed by atoms with Crippen molar-refractivity contribution in [3.63, 3.8) is 0 Å². The summed E-state index contributed by atoms with van der Waals surface area (Å²) < 4.78 is 43.9. The Balaban J connectivity index is 1.70. The van der Waals surface area contributed by atoms with Crippen molar-refractivity contribution in [2.24, 2.45) is 0 Å². The number of benzene rings is 2. The van der Waals surface area contributed by atoms with Gasteiger partial charge in [0.05, 0.1) is 21.8 Å². The third-order valence-electron chi connectivity index (χ3n) is 4.92. The number of pyridine rings is 1. The van der Waals surface area contributed by atoms with E-state index in [1.807, 2.05) is 0 Å². The number of aliphatic carboxylic acids is 1. The number of alkyl halides is 3. The van der Waals surface area contributed by atoms with Crippen molar-refractivity contribution in [3.8, 4) is 5.75 Å². The largest absolute Gasteiger partial charge is 0.488 e. The number of aromatic nitrogens is 1. The van der Waals surface area contributed by atoms with Crippen LogP contribution in [0.1, 0.15) is 15.9 Å². The van der Waals surface area contributed by atoms with Crippen LogP contribution in [0.2, 0.25) is 5.02 Å². The second kappa shape index (κ2) is 8.62. The van der Waals surface area contributed by atoms with Crippen LogP contribution in [0.15, 0.2) is 60.8 Å². The molecule has 0 spiro atoms. The van der Waals surface area contributed by atoms with E-state index in [0.717, 1.165) is 24.3 Å². The van der Waals surface area contributed by atoms with Gasteiger partial charge in [-0.3, -0.25) is 4.79 Å². The SMILES string of the molecule is O=C(Nc1ccc(C(F)(F)F)cc1)c1cccc2c1OCC(C(=O)O)N2c1ncccc1Cl. The van der Waals surface area contributed by atoms with E-state index in [9.17, 15) is 27.9 Å². The van der Waals surface area contributed by atoms with Crippen LogP contribution in [0.5, 0.6) is 5.75 Å². The highest BCUT2D eigenvalue weighted by atomic mass is 35.5.